The number of carbonyl (C=O) groups is 2. The molecule has 11 heteroatoms. The lowest BCUT2D eigenvalue weighted by Crippen LogP contribution is -2.38. The van der Waals surface area contributed by atoms with Crippen LogP contribution in [0, 0.1) is 10.1 Å². The van der Waals surface area contributed by atoms with Crippen LogP contribution in [0.5, 0.6) is 0 Å². The Kier molecular flexibility index (Phi) is 6.54. The third kappa shape index (κ3) is 5.94. The predicted molar refractivity (Wildman–Crippen MR) is 77.9 cm³/mol. The van der Waals surface area contributed by atoms with Crippen molar-refractivity contribution in [3.63, 3.8) is 0 Å². The Morgan fingerprint density at radius 1 is 1.36 bits per heavy atom. The highest BCUT2D eigenvalue weighted by Gasteiger charge is 2.12. The van der Waals surface area contributed by atoms with Gasteiger partial charge in [-0.1, -0.05) is 29.3 Å². The fraction of sp³-hybridized carbons (Fsp3) is 0.182. The topological polar surface area (TPSA) is 137 Å². The molecule has 0 saturated heterocycles. The highest BCUT2D eigenvalue weighted by Crippen LogP contribution is 2.24. The van der Waals surface area contributed by atoms with Gasteiger partial charge >= 0.3 is 0 Å². The van der Waals surface area contributed by atoms with Gasteiger partial charge in [0.2, 0.25) is 11.9 Å². The maximum atomic E-state index is 11.7. The van der Waals surface area contributed by atoms with E-state index in [1.807, 2.05) is 0 Å². The van der Waals surface area contributed by atoms with Gasteiger partial charge in [-0.25, -0.2) is 0 Å². The fourth-order valence-corrected chi connectivity index (χ4v) is 1.88. The maximum absolute atomic E-state index is 11.7. The van der Waals surface area contributed by atoms with Crippen LogP contribution in [0.2, 0.25) is 10.0 Å². The van der Waals surface area contributed by atoms with E-state index in [2.05, 4.69) is 15.1 Å². The predicted octanol–water partition coefficient (Wildman–Crippen LogP) is 0.702. The van der Waals surface area contributed by atoms with Crippen LogP contribution < -0.4 is 11.1 Å². The van der Waals surface area contributed by atoms with Crippen molar-refractivity contribution in [2.45, 2.75) is 6.42 Å². The number of aliphatic imine (C=N–C) groups is 1. The summed E-state index contributed by atoms with van der Waals surface area (Å²) < 4.78 is 0. The molecule has 1 aromatic carbocycles. The number of halogens is 2. The Morgan fingerprint density at radius 3 is 2.50 bits per heavy atom. The maximum Gasteiger partial charge on any atom is 0.295 e. The molecule has 0 bridgehead atoms. The van der Waals surface area contributed by atoms with Crippen LogP contribution in [-0.4, -0.2) is 29.5 Å². The Morgan fingerprint density at radius 2 is 1.95 bits per heavy atom. The number of hydrogen-bond donors (Lipinski definition) is 2. The summed E-state index contributed by atoms with van der Waals surface area (Å²) in [5, 5.41) is 11.5. The second kappa shape index (κ2) is 8.15. The van der Waals surface area contributed by atoms with Crippen LogP contribution in [0.25, 0.3) is 0 Å². The molecule has 0 aliphatic rings. The number of carbonyl (C=O) groups excluding carboxylic acids is 2. The van der Waals surface area contributed by atoms with E-state index in [1.54, 1.807) is 18.2 Å². The molecule has 118 valence electrons. The van der Waals surface area contributed by atoms with Gasteiger partial charge in [-0.2, -0.15) is 4.99 Å². The molecule has 1 aromatic rings. The third-order valence-corrected chi connectivity index (χ3v) is 2.91. The molecule has 3 N–H and O–H groups in total. The highest BCUT2D eigenvalue weighted by atomic mass is 35.5. The van der Waals surface area contributed by atoms with Gasteiger partial charge in [-0.05, 0) is 17.7 Å². The summed E-state index contributed by atoms with van der Waals surface area (Å²) in [6.45, 7) is -0.903. The normalized spacial score (nSPS) is 10.9. The standard InChI is InChI=1S/C11H10Cl2N4O5/c12-7-2-1-3-8(13)6(7)4-9(18)15-11(14)16-10(19)5-22-17(20)21/h1-3H,4-5H2,(H3,14,15,16,18,19). The molecule has 0 heterocycles. The number of nitrogens with one attached hydrogen (secondary N) is 1. The van der Waals surface area contributed by atoms with Crippen molar-refractivity contribution >= 4 is 41.0 Å². The molecule has 0 aliphatic carbocycles. The zero-order valence-corrected chi connectivity index (χ0v) is 12.4. The second-order valence-corrected chi connectivity index (χ2v) is 4.63. The van der Waals surface area contributed by atoms with E-state index in [-0.39, 0.29) is 6.42 Å². The van der Waals surface area contributed by atoms with Crippen LogP contribution in [-0.2, 0) is 20.8 Å². The van der Waals surface area contributed by atoms with Crippen LogP contribution in [0.15, 0.2) is 23.2 Å². The molecule has 0 radical (unpaired) electrons. The Bertz CT molecular complexity index is 615. The summed E-state index contributed by atoms with van der Waals surface area (Å²) in [6, 6.07) is 4.74. The Balaban J connectivity index is 2.61. The van der Waals surface area contributed by atoms with Gasteiger partial charge < -0.3 is 10.6 Å². The first-order valence-electron chi connectivity index (χ1n) is 5.66. The Hall–Kier alpha value is -2.39. The zero-order chi connectivity index (χ0) is 16.7. The largest absolute Gasteiger partial charge is 0.369 e. The number of nitrogens with two attached hydrogens (primary N) is 1. The van der Waals surface area contributed by atoms with Crippen LogP contribution in [0.1, 0.15) is 5.56 Å². The smallest absolute Gasteiger partial charge is 0.295 e. The van der Waals surface area contributed by atoms with Gasteiger partial charge in [0.1, 0.15) is 0 Å². The molecule has 0 atom stereocenters. The average Bonchev–Trinajstić information content (AvgIpc) is 2.40. The number of guanidine groups is 1. The van der Waals surface area contributed by atoms with Crippen molar-refractivity contribution in [2.24, 2.45) is 10.7 Å². The van der Waals surface area contributed by atoms with Crippen molar-refractivity contribution < 1.29 is 19.5 Å². The highest BCUT2D eigenvalue weighted by molar-refractivity contribution is 6.36. The minimum atomic E-state index is -1.15. The minimum absolute atomic E-state index is 0.186. The molecule has 0 spiro atoms. The number of nitrogens with zero attached hydrogens (tertiary/aromatic N) is 2. The first-order valence-corrected chi connectivity index (χ1v) is 6.42. The van der Waals surface area contributed by atoms with Gasteiger partial charge in [0.05, 0.1) is 6.42 Å². The molecule has 0 aliphatic heterocycles. The van der Waals surface area contributed by atoms with E-state index in [9.17, 15) is 19.7 Å². The molecular formula is C11H10Cl2N4O5. The van der Waals surface area contributed by atoms with Gasteiger partial charge in [0.15, 0.2) is 6.61 Å². The summed E-state index contributed by atoms with van der Waals surface area (Å²) in [4.78, 5) is 39.7. The molecule has 0 unspecified atom stereocenters. The lowest BCUT2D eigenvalue weighted by molar-refractivity contribution is -0.754. The van der Waals surface area contributed by atoms with Gasteiger partial charge in [-0.15, -0.1) is 10.1 Å². The first-order chi connectivity index (χ1) is 10.3. The summed E-state index contributed by atoms with van der Waals surface area (Å²) in [5.74, 6) is -2.16. The number of rotatable bonds is 5. The van der Waals surface area contributed by atoms with E-state index in [4.69, 9.17) is 28.9 Å². The van der Waals surface area contributed by atoms with E-state index in [0.717, 1.165) is 0 Å². The van der Waals surface area contributed by atoms with Crippen LogP contribution in [0.4, 0.5) is 0 Å². The third-order valence-electron chi connectivity index (χ3n) is 2.21. The van der Waals surface area contributed by atoms with E-state index < -0.39 is 29.5 Å². The van der Waals surface area contributed by atoms with Crippen LogP contribution >= 0.6 is 23.2 Å². The van der Waals surface area contributed by atoms with Crippen molar-refractivity contribution in [3.8, 4) is 0 Å². The molecule has 0 saturated carbocycles. The monoisotopic (exact) mass is 348 g/mol. The molecule has 1 rings (SSSR count). The number of benzene rings is 1. The SMILES string of the molecule is NC(=NC(=O)CO[N+](=O)[O-])NC(=O)Cc1c(Cl)cccc1Cl. The number of amides is 2. The molecule has 22 heavy (non-hydrogen) atoms. The average molecular weight is 349 g/mol. The summed E-state index contributed by atoms with van der Waals surface area (Å²) >= 11 is 11.8. The van der Waals surface area contributed by atoms with Gasteiger partial charge in [-0.3, -0.25) is 14.9 Å². The zero-order valence-electron chi connectivity index (χ0n) is 10.9. The van der Waals surface area contributed by atoms with Crippen molar-refractivity contribution in [1.82, 2.24) is 5.32 Å². The summed E-state index contributed by atoms with van der Waals surface area (Å²) in [6.07, 6.45) is -0.186. The molecule has 9 nitrogen and oxygen atoms in total. The molecule has 0 fully saturated rings. The van der Waals surface area contributed by atoms with Gasteiger partial charge in [0.25, 0.3) is 11.0 Å². The molecule has 0 aromatic heterocycles. The van der Waals surface area contributed by atoms with E-state index in [0.29, 0.717) is 15.6 Å². The number of hydrogen-bond acceptors (Lipinski definition) is 5. The fourth-order valence-electron chi connectivity index (χ4n) is 1.35. The summed E-state index contributed by atoms with van der Waals surface area (Å²) in [7, 11) is 0. The first kappa shape index (κ1) is 17.7. The lowest BCUT2D eigenvalue weighted by atomic mass is 10.1. The molecule has 2 amide bonds. The van der Waals surface area contributed by atoms with E-state index in [1.165, 1.54) is 0 Å². The van der Waals surface area contributed by atoms with Crippen molar-refractivity contribution in [2.75, 3.05) is 6.61 Å². The van der Waals surface area contributed by atoms with Gasteiger partial charge in [0, 0.05) is 10.0 Å². The Labute approximate surface area is 134 Å². The quantitative estimate of drug-likeness (QED) is 0.347. The van der Waals surface area contributed by atoms with Crippen LogP contribution in [0.3, 0.4) is 0 Å². The lowest BCUT2D eigenvalue weighted by Gasteiger charge is -2.07. The second-order valence-electron chi connectivity index (χ2n) is 3.81. The van der Waals surface area contributed by atoms with E-state index >= 15 is 0 Å². The molecular weight excluding hydrogens is 339 g/mol. The summed E-state index contributed by atoms with van der Waals surface area (Å²) in [5.41, 5.74) is 5.71. The minimum Gasteiger partial charge on any atom is -0.369 e. The van der Waals surface area contributed by atoms with Crippen molar-refractivity contribution in [1.29, 1.82) is 0 Å². The van der Waals surface area contributed by atoms with Crippen molar-refractivity contribution in [3.05, 3.63) is 43.9 Å².